The Balaban J connectivity index is 1.85. The number of imidazole rings is 1. The van der Waals surface area contributed by atoms with Crippen molar-refractivity contribution in [3.63, 3.8) is 0 Å². The molecule has 0 aliphatic carbocycles. The highest BCUT2D eigenvalue weighted by molar-refractivity contribution is 8.00. The molecular weight excluding hydrogens is 399 g/mol. The summed E-state index contributed by atoms with van der Waals surface area (Å²) < 4.78 is 8.10. The monoisotopic (exact) mass is 412 g/mol. The average molecular weight is 414 g/mol. The zero-order valence-electron chi connectivity index (χ0n) is 13.3. The van der Waals surface area contributed by atoms with Crippen LogP contribution in [0.4, 0.5) is 0 Å². The van der Waals surface area contributed by atoms with Crippen molar-refractivity contribution in [1.29, 1.82) is 0 Å². The molecule has 2 atom stereocenters. The van der Waals surface area contributed by atoms with Crippen molar-refractivity contribution in [1.82, 2.24) is 9.55 Å². The number of rotatable bonds is 6. The quantitative estimate of drug-likeness (QED) is 0.426. The highest BCUT2D eigenvalue weighted by atomic mass is 35.5. The van der Waals surface area contributed by atoms with Gasteiger partial charge in [-0.1, -0.05) is 40.9 Å². The standard InChI is InChI=1S/C18H15Cl3N2OS/c1-12(25-17-15(20)3-2-4-16(17)21)18(23-10-9-22-11-23)24-14-7-5-13(19)6-8-14/h2-12,18H,1H3. The lowest BCUT2D eigenvalue weighted by molar-refractivity contribution is 0.133. The zero-order chi connectivity index (χ0) is 17.8. The summed E-state index contributed by atoms with van der Waals surface area (Å²) in [7, 11) is 0. The molecule has 0 N–H and O–H groups in total. The van der Waals surface area contributed by atoms with Gasteiger partial charge in [0.05, 0.1) is 21.6 Å². The Bertz CT molecular complexity index is 805. The molecule has 1 heterocycles. The van der Waals surface area contributed by atoms with E-state index in [1.165, 1.54) is 0 Å². The highest BCUT2D eigenvalue weighted by Crippen LogP contribution is 2.40. The van der Waals surface area contributed by atoms with Crippen molar-refractivity contribution in [3.8, 4) is 5.75 Å². The lowest BCUT2D eigenvalue weighted by atomic mass is 10.3. The SMILES string of the molecule is CC(Sc1c(Cl)cccc1Cl)C(Oc1ccc(Cl)cc1)n1ccnc1. The van der Waals surface area contributed by atoms with E-state index >= 15 is 0 Å². The molecule has 3 nitrogen and oxygen atoms in total. The number of aromatic nitrogens is 2. The van der Waals surface area contributed by atoms with Crippen LogP contribution < -0.4 is 4.74 Å². The number of hydrogen-bond donors (Lipinski definition) is 0. The maximum atomic E-state index is 6.30. The van der Waals surface area contributed by atoms with Crippen LogP contribution in [0.2, 0.25) is 15.1 Å². The summed E-state index contributed by atoms with van der Waals surface area (Å²) in [4.78, 5) is 4.96. The van der Waals surface area contributed by atoms with Crippen LogP contribution in [0.1, 0.15) is 13.2 Å². The van der Waals surface area contributed by atoms with Crippen molar-refractivity contribution in [2.45, 2.75) is 23.3 Å². The summed E-state index contributed by atoms with van der Waals surface area (Å²) in [5.74, 6) is 0.723. The van der Waals surface area contributed by atoms with Crippen molar-refractivity contribution < 1.29 is 4.74 Å². The second-order valence-electron chi connectivity index (χ2n) is 5.35. The second kappa shape index (κ2) is 8.37. The van der Waals surface area contributed by atoms with Crippen LogP contribution in [-0.4, -0.2) is 14.8 Å². The Kier molecular flexibility index (Phi) is 6.18. The average Bonchev–Trinajstić information content (AvgIpc) is 3.12. The Morgan fingerprint density at radius 3 is 2.32 bits per heavy atom. The minimum atomic E-state index is -0.291. The van der Waals surface area contributed by atoms with E-state index in [1.54, 1.807) is 36.4 Å². The first-order valence-electron chi connectivity index (χ1n) is 7.55. The fourth-order valence-corrected chi connectivity index (χ4v) is 4.15. The van der Waals surface area contributed by atoms with Crippen molar-refractivity contribution >= 4 is 46.6 Å². The summed E-state index contributed by atoms with van der Waals surface area (Å²) in [5, 5.41) is 1.93. The largest absolute Gasteiger partial charge is 0.469 e. The zero-order valence-corrected chi connectivity index (χ0v) is 16.4. The molecule has 3 rings (SSSR count). The van der Waals surface area contributed by atoms with Gasteiger partial charge >= 0.3 is 0 Å². The van der Waals surface area contributed by atoms with E-state index in [-0.39, 0.29) is 11.5 Å². The first kappa shape index (κ1) is 18.5. The predicted molar refractivity (Wildman–Crippen MR) is 105 cm³/mol. The maximum Gasteiger partial charge on any atom is 0.188 e. The molecular formula is C18H15Cl3N2OS. The molecule has 7 heteroatoms. The third-order valence-electron chi connectivity index (χ3n) is 3.51. The van der Waals surface area contributed by atoms with Crippen LogP contribution in [0.25, 0.3) is 0 Å². The van der Waals surface area contributed by atoms with E-state index in [4.69, 9.17) is 39.5 Å². The molecule has 130 valence electrons. The molecule has 0 fully saturated rings. The van der Waals surface area contributed by atoms with Gasteiger partial charge in [-0.25, -0.2) is 4.98 Å². The lowest BCUT2D eigenvalue weighted by Gasteiger charge is -2.26. The summed E-state index contributed by atoms with van der Waals surface area (Å²) >= 11 is 20.1. The van der Waals surface area contributed by atoms with Crippen molar-refractivity contribution in [2.24, 2.45) is 0 Å². The Morgan fingerprint density at radius 1 is 1.04 bits per heavy atom. The molecule has 0 bridgehead atoms. The van der Waals surface area contributed by atoms with Gasteiger partial charge in [0.15, 0.2) is 6.23 Å². The van der Waals surface area contributed by atoms with Gasteiger partial charge in [0, 0.05) is 22.3 Å². The Labute approximate surface area is 165 Å². The lowest BCUT2D eigenvalue weighted by Crippen LogP contribution is -2.24. The van der Waals surface area contributed by atoms with Gasteiger partial charge in [-0.2, -0.15) is 0 Å². The number of benzene rings is 2. The van der Waals surface area contributed by atoms with E-state index < -0.39 is 0 Å². The molecule has 0 amide bonds. The minimum absolute atomic E-state index is 0.0160. The van der Waals surface area contributed by atoms with Crippen molar-refractivity contribution in [2.75, 3.05) is 0 Å². The Morgan fingerprint density at radius 2 is 1.72 bits per heavy atom. The van der Waals surface area contributed by atoms with E-state index in [0.717, 1.165) is 10.6 Å². The van der Waals surface area contributed by atoms with E-state index in [2.05, 4.69) is 11.9 Å². The third-order valence-corrected chi connectivity index (χ3v) is 5.90. The van der Waals surface area contributed by atoms with Gasteiger partial charge in [0.25, 0.3) is 0 Å². The molecule has 2 aromatic carbocycles. The van der Waals surface area contributed by atoms with E-state index in [1.807, 2.05) is 41.1 Å². The topological polar surface area (TPSA) is 27.1 Å². The number of thioether (sulfide) groups is 1. The van der Waals surface area contributed by atoms with Gasteiger partial charge in [0.2, 0.25) is 0 Å². The van der Waals surface area contributed by atoms with Gasteiger partial charge in [0.1, 0.15) is 5.75 Å². The summed E-state index contributed by atoms with van der Waals surface area (Å²) in [5.41, 5.74) is 0. The molecule has 25 heavy (non-hydrogen) atoms. The second-order valence-corrected chi connectivity index (χ2v) is 7.98. The van der Waals surface area contributed by atoms with Crippen LogP contribution in [0.5, 0.6) is 5.75 Å². The van der Waals surface area contributed by atoms with Crippen LogP contribution in [0.15, 0.2) is 66.1 Å². The fraction of sp³-hybridized carbons (Fsp3) is 0.167. The summed E-state index contributed by atoms with van der Waals surface area (Å²) in [6, 6.07) is 12.8. The highest BCUT2D eigenvalue weighted by Gasteiger charge is 2.24. The molecule has 0 saturated heterocycles. The summed E-state index contributed by atoms with van der Waals surface area (Å²) in [6.07, 6.45) is 5.02. The molecule has 1 aromatic heterocycles. The van der Waals surface area contributed by atoms with Gasteiger partial charge in [-0.15, -0.1) is 11.8 Å². The smallest absolute Gasteiger partial charge is 0.188 e. The third kappa shape index (κ3) is 4.64. The minimum Gasteiger partial charge on any atom is -0.469 e. The molecule has 0 aliphatic heterocycles. The normalized spacial score (nSPS) is 13.4. The first-order valence-corrected chi connectivity index (χ1v) is 9.56. The fourth-order valence-electron chi connectivity index (χ4n) is 2.31. The van der Waals surface area contributed by atoms with Crippen molar-refractivity contribution in [3.05, 3.63) is 76.3 Å². The first-order chi connectivity index (χ1) is 12.0. The molecule has 2 unspecified atom stereocenters. The number of nitrogens with zero attached hydrogens (tertiary/aromatic N) is 2. The van der Waals surface area contributed by atoms with Gasteiger partial charge in [-0.3, -0.25) is 0 Å². The van der Waals surface area contributed by atoms with E-state index in [0.29, 0.717) is 15.1 Å². The maximum absolute atomic E-state index is 6.30. The molecule has 0 spiro atoms. The van der Waals surface area contributed by atoms with Gasteiger partial charge in [-0.05, 0) is 43.3 Å². The number of halogens is 3. The molecule has 0 saturated carbocycles. The van der Waals surface area contributed by atoms with Crippen LogP contribution in [0, 0.1) is 0 Å². The van der Waals surface area contributed by atoms with Crippen LogP contribution in [0.3, 0.4) is 0 Å². The number of hydrogen-bond acceptors (Lipinski definition) is 3. The summed E-state index contributed by atoms with van der Waals surface area (Å²) in [6.45, 7) is 2.06. The molecule has 0 radical (unpaired) electrons. The number of ether oxygens (including phenoxy) is 1. The van der Waals surface area contributed by atoms with Crippen LogP contribution in [-0.2, 0) is 0 Å². The molecule has 0 aliphatic rings. The van der Waals surface area contributed by atoms with Crippen LogP contribution >= 0.6 is 46.6 Å². The predicted octanol–water partition coefficient (Wildman–Crippen LogP) is 6.60. The molecule has 3 aromatic rings. The van der Waals surface area contributed by atoms with Gasteiger partial charge < -0.3 is 9.30 Å². The Hall–Kier alpha value is -1.33. The van der Waals surface area contributed by atoms with E-state index in [9.17, 15) is 0 Å².